The number of anilines is 1. The molecular weight excluding hydrogens is 222 g/mol. The summed E-state index contributed by atoms with van der Waals surface area (Å²) in [5.74, 6) is 0. The summed E-state index contributed by atoms with van der Waals surface area (Å²) >= 11 is 5.94. The second kappa shape index (κ2) is 4.62. The maximum absolute atomic E-state index is 5.94. The molecule has 3 nitrogen and oxygen atoms in total. The Labute approximate surface area is 102 Å². The maximum Gasteiger partial charge on any atom is 0.137 e. The zero-order valence-electron chi connectivity index (χ0n) is 10.00. The summed E-state index contributed by atoms with van der Waals surface area (Å²) in [6, 6.07) is 5.95. The van der Waals surface area contributed by atoms with Gasteiger partial charge < -0.3 is 5.32 Å². The van der Waals surface area contributed by atoms with Gasteiger partial charge >= 0.3 is 0 Å². The highest BCUT2D eigenvalue weighted by atomic mass is 35.5. The summed E-state index contributed by atoms with van der Waals surface area (Å²) in [4.78, 5) is 4.60. The van der Waals surface area contributed by atoms with Gasteiger partial charge in [-0.2, -0.15) is 0 Å². The molecule has 1 saturated heterocycles. The molecule has 0 atom stereocenters. The summed E-state index contributed by atoms with van der Waals surface area (Å²) in [6.45, 7) is 4.27. The van der Waals surface area contributed by atoms with Crippen molar-refractivity contribution in [2.45, 2.75) is 13.2 Å². The van der Waals surface area contributed by atoms with E-state index in [1.807, 2.05) is 18.2 Å². The lowest BCUT2D eigenvalue weighted by Crippen LogP contribution is -2.41. The van der Waals surface area contributed by atoms with E-state index < -0.39 is 0 Å². The van der Waals surface area contributed by atoms with E-state index in [9.17, 15) is 0 Å². The van der Waals surface area contributed by atoms with Crippen LogP contribution in [0.25, 0.3) is 0 Å². The normalized spacial score (nSPS) is 19.2. The van der Waals surface area contributed by atoms with E-state index in [0.717, 1.165) is 23.8 Å². The number of rotatable bonds is 2. The molecule has 1 fully saturated rings. The predicted molar refractivity (Wildman–Crippen MR) is 68.9 cm³/mol. The molecule has 1 aromatic carbocycles. The van der Waals surface area contributed by atoms with E-state index in [-0.39, 0.29) is 6.29 Å². The Balaban J connectivity index is 2.14. The number of aryl methyl sites for hydroxylation is 1. The molecule has 2 rings (SSSR count). The number of nitrogens with one attached hydrogen (secondary N) is 1. The van der Waals surface area contributed by atoms with Gasteiger partial charge in [0.05, 0.1) is 0 Å². The largest absolute Gasteiger partial charge is 0.357 e. The summed E-state index contributed by atoms with van der Waals surface area (Å²) in [5, 5.41) is 4.32. The average Bonchev–Trinajstić information content (AvgIpc) is 2.53. The van der Waals surface area contributed by atoms with Gasteiger partial charge in [0, 0.05) is 23.8 Å². The molecule has 0 aromatic heterocycles. The van der Waals surface area contributed by atoms with Crippen LogP contribution in [0.3, 0.4) is 0 Å². The van der Waals surface area contributed by atoms with Crippen LogP contribution in [0, 0.1) is 6.92 Å². The minimum absolute atomic E-state index is 0.278. The first-order valence-corrected chi connectivity index (χ1v) is 5.89. The van der Waals surface area contributed by atoms with Crippen molar-refractivity contribution in [3.63, 3.8) is 0 Å². The molecular formula is C12H18ClN3. The highest BCUT2D eigenvalue weighted by Gasteiger charge is 2.25. The molecule has 0 spiro atoms. The van der Waals surface area contributed by atoms with Crippen LogP contribution in [-0.4, -0.2) is 43.3 Å². The van der Waals surface area contributed by atoms with Crippen LogP contribution < -0.4 is 5.32 Å². The quantitative estimate of drug-likeness (QED) is 0.854. The second-order valence-corrected chi connectivity index (χ2v) is 4.87. The Bertz CT molecular complexity index is 371. The van der Waals surface area contributed by atoms with Crippen molar-refractivity contribution in [3.05, 3.63) is 28.8 Å². The number of halogens is 1. The molecule has 0 saturated carbocycles. The van der Waals surface area contributed by atoms with Crippen LogP contribution in [0.2, 0.25) is 5.02 Å². The van der Waals surface area contributed by atoms with Gasteiger partial charge in [-0.1, -0.05) is 11.6 Å². The first-order valence-electron chi connectivity index (χ1n) is 5.51. The molecule has 1 aliphatic heterocycles. The molecule has 1 aliphatic rings. The lowest BCUT2D eigenvalue weighted by atomic mass is 10.2. The Hall–Kier alpha value is -0.770. The molecule has 1 aromatic rings. The van der Waals surface area contributed by atoms with Gasteiger partial charge in [0.25, 0.3) is 0 Å². The van der Waals surface area contributed by atoms with Gasteiger partial charge in [0.15, 0.2) is 0 Å². The molecule has 1 heterocycles. The monoisotopic (exact) mass is 239 g/mol. The van der Waals surface area contributed by atoms with Crippen LogP contribution in [0.5, 0.6) is 0 Å². The van der Waals surface area contributed by atoms with Crippen molar-refractivity contribution in [2.75, 3.05) is 32.5 Å². The third-order valence-corrected chi connectivity index (χ3v) is 3.35. The minimum Gasteiger partial charge on any atom is -0.357 e. The van der Waals surface area contributed by atoms with E-state index in [1.54, 1.807) is 0 Å². The highest BCUT2D eigenvalue weighted by Crippen LogP contribution is 2.22. The lowest BCUT2D eigenvalue weighted by molar-refractivity contribution is 0.217. The lowest BCUT2D eigenvalue weighted by Gasteiger charge is -2.27. The maximum atomic E-state index is 5.94. The zero-order chi connectivity index (χ0) is 11.7. The van der Waals surface area contributed by atoms with Crippen molar-refractivity contribution < 1.29 is 0 Å². The van der Waals surface area contributed by atoms with Gasteiger partial charge in [-0.05, 0) is 44.8 Å². The Kier molecular flexibility index (Phi) is 3.38. The molecule has 0 aliphatic carbocycles. The fraction of sp³-hybridized carbons (Fsp3) is 0.500. The van der Waals surface area contributed by atoms with E-state index in [4.69, 9.17) is 11.6 Å². The predicted octanol–water partition coefficient (Wildman–Crippen LogP) is 2.22. The summed E-state index contributed by atoms with van der Waals surface area (Å²) < 4.78 is 0. The van der Waals surface area contributed by atoms with Gasteiger partial charge in [-0.15, -0.1) is 0 Å². The van der Waals surface area contributed by atoms with E-state index >= 15 is 0 Å². The third kappa shape index (κ3) is 2.32. The molecule has 0 amide bonds. The second-order valence-electron chi connectivity index (χ2n) is 4.44. The Morgan fingerprint density at radius 1 is 1.25 bits per heavy atom. The van der Waals surface area contributed by atoms with Crippen LogP contribution in [-0.2, 0) is 0 Å². The first-order chi connectivity index (χ1) is 7.58. The standard InChI is InChI=1S/C12H18ClN3/c1-9-8-10(13)4-5-11(9)14-12-15(2)6-7-16(12)3/h4-5,8,12,14H,6-7H2,1-3H3. The SMILES string of the molecule is Cc1cc(Cl)ccc1NC1N(C)CCN1C. The van der Waals surface area contributed by atoms with Crippen molar-refractivity contribution in [1.82, 2.24) is 9.80 Å². The number of likely N-dealkylation sites (N-methyl/N-ethyl adjacent to an activating group) is 2. The van der Waals surface area contributed by atoms with Crippen molar-refractivity contribution in [3.8, 4) is 0 Å². The fourth-order valence-electron chi connectivity index (χ4n) is 2.05. The molecule has 88 valence electrons. The van der Waals surface area contributed by atoms with Crippen LogP contribution in [0.15, 0.2) is 18.2 Å². The fourth-order valence-corrected chi connectivity index (χ4v) is 2.27. The molecule has 0 bridgehead atoms. The minimum atomic E-state index is 0.278. The van der Waals surface area contributed by atoms with Crippen LogP contribution in [0.4, 0.5) is 5.69 Å². The summed E-state index contributed by atoms with van der Waals surface area (Å²) in [5.41, 5.74) is 2.33. The average molecular weight is 240 g/mol. The van der Waals surface area contributed by atoms with E-state index in [1.165, 1.54) is 5.56 Å². The van der Waals surface area contributed by atoms with Crippen molar-refractivity contribution in [1.29, 1.82) is 0 Å². The van der Waals surface area contributed by atoms with Crippen LogP contribution >= 0.6 is 11.6 Å². The van der Waals surface area contributed by atoms with Gasteiger partial charge in [0.1, 0.15) is 6.29 Å². The highest BCUT2D eigenvalue weighted by molar-refractivity contribution is 6.30. The molecule has 1 N–H and O–H groups in total. The molecule has 16 heavy (non-hydrogen) atoms. The van der Waals surface area contributed by atoms with Gasteiger partial charge in [0.2, 0.25) is 0 Å². The zero-order valence-corrected chi connectivity index (χ0v) is 10.8. The van der Waals surface area contributed by atoms with E-state index in [0.29, 0.717) is 0 Å². The van der Waals surface area contributed by atoms with E-state index in [2.05, 4.69) is 36.1 Å². The van der Waals surface area contributed by atoms with Crippen molar-refractivity contribution in [2.24, 2.45) is 0 Å². The Morgan fingerprint density at radius 3 is 2.44 bits per heavy atom. The number of hydrogen-bond acceptors (Lipinski definition) is 3. The number of benzene rings is 1. The Morgan fingerprint density at radius 2 is 1.88 bits per heavy atom. The third-order valence-electron chi connectivity index (χ3n) is 3.11. The summed E-state index contributed by atoms with van der Waals surface area (Å²) in [7, 11) is 4.26. The molecule has 0 unspecified atom stereocenters. The topological polar surface area (TPSA) is 18.5 Å². The van der Waals surface area contributed by atoms with Gasteiger partial charge in [-0.3, -0.25) is 9.80 Å². The molecule has 0 radical (unpaired) electrons. The van der Waals surface area contributed by atoms with Crippen molar-refractivity contribution >= 4 is 17.3 Å². The number of nitrogens with zero attached hydrogens (tertiary/aromatic N) is 2. The molecule has 4 heteroatoms. The smallest absolute Gasteiger partial charge is 0.137 e. The first kappa shape index (κ1) is 11.7. The number of hydrogen-bond donors (Lipinski definition) is 1. The van der Waals surface area contributed by atoms with Crippen LogP contribution in [0.1, 0.15) is 5.56 Å². The summed E-state index contributed by atoms with van der Waals surface area (Å²) in [6.07, 6.45) is 0.278. The van der Waals surface area contributed by atoms with Gasteiger partial charge in [-0.25, -0.2) is 0 Å².